The molecule has 122 valence electrons. The van der Waals surface area contributed by atoms with Crippen molar-refractivity contribution in [3.8, 4) is 0 Å². The van der Waals surface area contributed by atoms with Gasteiger partial charge in [-0.1, -0.05) is 50.8 Å². The summed E-state index contributed by atoms with van der Waals surface area (Å²) in [4.78, 5) is 11.3. The second-order valence-corrected chi connectivity index (χ2v) is 6.99. The maximum atomic E-state index is 4.70. The molecule has 22 heavy (non-hydrogen) atoms. The van der Waals surface area contributed by atoms with Gasteiger partial charge in [0.15, 0.2) is 5.17 Å². The van der Waals surface area contributed by atoms with Gasteiger partial charge in [-0.3, -0.25) is 9.98 Å². The number of hydrogen-bond donors (Lipinski definition) is 0. The van der Waals surface area contributed by atoms with E-state index in [0.29, 0.717) is 6.04 Å². The van der Waals surface area contributed by atoms with Crippen molar-refractivity contribution in [3.63, 3.8) is 0 Å². The standard InChI is InChI=1S/C18H29N3S/c1-3-4-5-6-7-8-14-21(18-20-13-15-22-18)16(2)17-9-11-19-12-10-17/h9-12,16H,3-8,13-15H2,1-2H3. The van der Waals surface area contributed by atoms with Crippen molar-refractivity contribution in [2.45, 2.75) is 58.4 Å². The highest BCUT2D eigenvalue weighted by molar-refractivity contribution is 8.14. The average Bonchev–Trinajstić information content (AvgIpc) is 3.09. The second-order valence-electron chi connectivity index (χ2n) is 5.93. The molecular weight excluding hydrogens is 290 g/mol. The number of rotatable bonds is 9. The maximum absolute atomic E-state index is 4.70. The molecule has 1 aromatic heterocycles. The molecule has 0 aliphatic carbocycles. The molecule has 0 bridgehead atoms. The van der Waals surface area contributed by atoms with E-state index in [2.05, 4.69) is 35.9 Å². The predicted molar refractivity (Wildman–Crippen MR) is 97.5 cm³/mol. The summed E-state index contributed by atoms with van der Waals surface area (Å²) in [6.45, 7) is 6.64. The van der Waals surface area contributed by atoms with E-state index in [9.17, 15) is 0 Å². The van der Waals surface area contributed by atoms with Gasteiger partial charge in [0, 0.05) is 24.7 Å². The van der Waals surface area contributed by atoms with Crippen molar-refractivity contribution in [3.05, 3.63) is 30.1 Å². The summed E-state index contributed by atoms with van der Waals surface area (Å²) in [6.07, 6.45) is 11.8. The van der Waals surface area contributed by atoms with Gasteiger partial charge in [0.1, 0.15) is 0 Å². The number of unbranched alkanes of at least 4 members (excludes halogenated alkanes) is 5. The molecule has 2 heterocycles. The Morgan fingerprint density at radius 2 is 1.86 bits per heavy atom. The fourth-order valence-corrected chi connectivity index (χ4v) is 3.80. The third-order valence-corrected chi connectivity index (χ3v) is 5.23. The van der Waals surface area contributed by atoms with Crippen LogP contribution in [-0.2, 0) is 0 Å². The monoisotopic (exact) mass is 319 g/mol. The first-order valence-electron chi connectivity index (χ1n) is 8.66. The summed E-state index contributed by atoms with van der Waals surface area (Å²) < 4.78 is 0. The fraction of sp³-hybridized carbons (Fsp3) is 0.667. The zero-order valence-electron chi connectivity index (χ0n) is 14.0. The number of pyridine rings is 1. The molecule has 1 aliphatic heterocycles. The van der Waals surface area contributed by atoms with Crippen LogP contribution in [0.25, 0.3) is 0 Å². The lowest BCUT2D eigenvalue weighted by Gasteiger charge is -2.31. The van der Waals surface area contributed by atoms with Crippen LogP contribution < -0.4 is 0 Å². The van der Waals surface area contributed by atoms with Gasteiger partial charge in [-0.15, -0.1) is 0 Å². The Hall–Kier alpha value is -1.03. The summed E-state index contributed by atoms with van der Waals surface area (Å²) in [5.74, 6) is 1.13. The van der Waals surface area contributed by atoms with Crippen molar-refractivity contribution >= 4 is 16.9 Å². The molecule has 1 unspecified atom stereocenters. The SMILES string of the molecule is CCCCCCCCN(C1=NCCS1)C(C)c1ccncc1. The maximum Gasteiger partial charge on any atom is 0.159 e. The fourth-order valence-electron chi connectivity index (χ4n) is 2.84. The van der Waals surface area contributed by atoms with Crippen LogP contribution in [0.2, 0.25) is 0 Å². The van der Waals surface area contributed by atoms with Crippen molar-refractivity contribution in [2.75, 3.05) is 18.8 Å². The van der Waals surface area contributed by atoms with E-state index in [1.165, 1.54) is 49.3 Å². The summed E-state index contributed by atoms with van der Waals surface area (Å²) in [6, 6.07) is 4.63. The van der Waals surface area contributed by atoms with Gasteiger partial charge in [-0.25, -0.2) is 0 Å². The molecule has 1 aliphatic rings. The molecule has 0 aromatic carbocycles. The highest BCUT2D eigenvalue weighted by Gasteiger charge is 2.21. The summed E-state index contributed by atoms with van der Waals surface area (Å²) in [7, 11) is 0. The van der Waals surface area contributed by atoms with Crippen molar-refractivity contribution in [1.82, 2.24) is 9.88 Å². The van der Waals surface area contributed by atoms with Crippen LogP contribution in [0.3, 0.4) is 0 Å². The van der Waals surface area contributed by atoms with Crippen LogP contribution in [0.1, 0.15) is 64.0 Å². The highest BCUT2D eigenvalue weighted by atomic mass is 32.2. The molecule has 0 saturated heterocycles. The lowest BCUT2D eigenvalue weighted by Crippen LogP contribution is -2.32. The molecule has 0 saturated carbocycles. The van der Waals surface area contributed by atoms with Gasteiger partial charge in [0.05, 0.1) is 12.6 Å². The zero-order valence-corrected chi connectivity index (χ0v) is 14.8. The molecule has 1 atom stereocenters. The van der Waals surface area contributed by atoms with E-state index < -0.39 is 0 Å². The molecule has 3 nitrogen and oxygen atoms in total. The highest BCUT2D eigenvalue weighted by Crippen LogP contribution is 2.26. The zero-order chi connectivity index (χ0) is 15.6. The van der Waals surface area contributed by atoms with Gasteiger partial charge >= 0.3 is 0 Å². The van der Waals surface area contributed by atoms with E-state index in [4.69, 9.17) is 4.99 Å². The van der Waals surface area contributed by atoms with Crippen LogP contribution in [0.5, 0.6) is 0 Å². The number of aromatic nitrogens is 1. The summed E-state index contributed by atoms with van der Waals surface area (Å²) >= 11 is 1.91. The Labute approximate surface area is 139 Å². The average molecular weight is 320 g/mol. The molecule has 0 N–H and O–H groups in total. The van der Waals surface area contributed by atoms with Gasteiger partial charge in [-0.2, -0.15) is 0 Å². The predicted octanol–water partition coefficient (Wildman–Crippen LogP) is 4.91. The molecule has 0 amide bonds. The topological polar surface area (TPSA) is 28.5 Å². The van der Waals surface area contributed by atoms with Crippen LogP contribution in [0, 0.1) is 0 Å². The molecular formula is C18H29N3S. The molecule has 0 radical (unpaired) electrons. The Morgan fingerprint density at radius 1 is 1.14 bits per heavy atom. The normalized spacial score (nSPS) is 15.6. The van der Waals surface area contributed by atoms with E-state index in [0.717, 1.165) is 18.8 Å². The number of thioether (sulfide) groups is 1. The molecule has 0 fully saturated rings. The Bertz CT molecular complexity index is 447. The Morgan fingerprint density at radius 3 is 2.55 bits per heavy atom. The second kappa shape index (κ2) is 9.88. The van der Waals surface area contributed by atoms with Gasteiger partial charge in [0.2, 0.25) is 0 Å². The van der Waals surface area contributed by atoms with Crippen LogP contribution in [0.4, 0.5) is 0 Å². The van der Waals surface area contributed by atoms with E-state index in [1.54, 1.807) is 0 Å². The third-order valence-electron chi connectivity index (χ3n) is 4.22. The Balaban J connectivity index is 1.89. The van der Waals surface area contributed by atoms with Crippen LogP contribution in [0.15, 0.2) is 29.5 Å². The summed E-state index contributed by atoms with van der Waals surface area (Å²) in [5.41, 5.74) is 1.33. The minimum absolute atomic E-state index is 0.378. The van der Waals surface area contributed by atoms with E-state index in [-0.39, 0.29) is 0 Å². The van der Waals surface area contributed by atoms with Crippen molar-refractivity contribution in [1.29, 1.82) is 0 Å². The summed E-state index contributed by atoms with van der Waals surface area (Å²) in [5, 5.41) is 1.23. The van der Waals surface area contributed by atoms with Gasteiger partial charge in [-0.05, 0) is 31.0 Å². The first-order valence-corrected chi connectivity index (χ1v) is 9.65. The number of hydrogen-bond acceptors (Lipinski definition) is 4. The smallest absolute Gasteiger partial charge is 0.159 e. The Kier molecular flexibility index (Phi) is 7.78. The molecule has 0 spiro atoms. The third kappa shape index (κ3) is 5.31. The van der Waals surface area contributed by atoms with Crippen molar-refractivity contribution in [2.24, 2.45) is 4.99 Å². The first kappa shape index (κ1) is 17.3. The number of nitrogens with zero attached hydrogens (tertiary/aromatic N) is 3. The minimum Gasteiger partial charge on any atom is -0.345 e. The van der Waals surface area contributed by atoms with Gasteiger partial charge in [0.25, 0.3) is 0 Å². The lowest BCUT2D eigenvalue weighted by atomic mass is 10.1. The van der Waals surface area contributed by atoms with Gasteiger partial charge < -0.3 is 4.90 Å². The van der Waals surface area contributed by atoms with E-state index >= 15 is 0 Å². The lowest BCUT2D eigenvalue weighted by molar-refractivity contribution is 0.332. The van der Waals surface area contributed by atoms with Crippen LogP contribution >= 0.6 is 11.8 Å². The number of aliphatic imine (C=N–C) groups is 1. The van der Waals surface area contributed by atoms with E-state index in [1.807, 2.05) is 24.2 Å². The van der Waals surface area contributed by atoms with Crippen LogP contribution in [-0.4, -0.2) is 33.9 Å². The van der Waals surface area contributed by atoms with Crippen molar-refractivity contribution < 1.29 is 0 Å². The quantitative estimate of drug-likeness (QED) is 0.606. The first-order chi connectivity index (χ1) is 10.8. The number of amidine groups is 1. The molecule has 1 aromatic rings. The largest absolute Gasteiger partial charge is 0.345 e. The molecule has 4 heteroatoms. The minimum atomic E-state index is 0.378. The molecule has 2 rings (SSSR count).